The van der Waals surface area contributed by atoms with Gasteiger partial charge in [-0.15, -0.1) is 0 Å². The summed E-state index contributed by atoms with van der Waals surface area (Å²) in [7, 11) is 0. The van der Waals surface area contributed by atoms with Crippen molar-refractivity contribution in [3.8, 4) is 0 Å². The molecule has 0 atom stereocenters. The maximum Gasteiger partial charge on any atom is 0.332 e. The molecule has 0 saturated carbocycles. The summed E-state index contributed by atoms with van der Waals surface area (Å²) < 4.78 is 0. The minimum Gasteiger partial charge on any atom is -0.478 e. The largest absolute Gasteiger partial charge is 0.478 e. The summed E-state index contributed by atoms with van der Waals surface area (Å²) in [5.74, 6) is -1.61. The van der Waals surface area contributed by atoms with Crippen molar-refractivity contribution in [1.82, 2.24) is 0 Å². The summed E-state index contributed by atoms with van der Waals surface area (Å²) in [6.07, 6.45) is 4.27. The lowest BCUT2D eigenvalue weighted by Gasteiger charge is -2.08. The predicted octanol–water partition coefficient (Wildman–Crippen LogP) is 2.23. The zero-order valence-corrected chi connectivity index (χ0v) is 10.1. The van der Waals surface area contributed by atoms with Crippen LogP contribution in [-0.2, 0) is 9.59 Å². The molecule has 0 aliphatic carbocycles. The van der Waals surface area contributed by atoms with E-state index < -0.39 is 11.9 Å². The highest BCUT2D eigenvalue weighted by atomic mass is 16.4. The first kappa shape index (κ1) is 14.7. The van der Waals surface area contributed by atoms with Crippen molar-refractivity contribution in [3.05, 3.63) is 11.1 Å². The molecule has 0 unspecified atom stereocenters. The topological polar surface area (TPSA) is 80.4 Å². The molecule has 0 heterocycles. The Labute approximate surface area is 96.5 Å². The van der Waals surface area contributed by atoms with Crippen molar-refractivity contribution < 1.29 is 14.7 Å². The van der Waals surface area contributed by atoms with Crippen LogP contribution < -0.4 is 5.73 Å². The number of unbranched alkanes of at least 4 members (excludes halogenated alkanes) is 2. The number of nitrogens with two attached hydrogens (primary N) is 1. The van der Waals surface area contributed by atoms with Gasteiger partial charge in [-0.3, -0.25) is 4.79 Å². The van der Waals surface area contributed by atoms with Gasteiger partial charge in [0.25, 0.3) is 0 Å². The Bertz CT molecular complexity index is 254. The molecule has 0 aromatic heterocycles. The molecule has 0 bridgehead atoms. The molecule has 0 aliphatic rings. The summed E-state index contributed by atoms with van der Waals surface area (Å²) in [4.78, 5) is 22.3. The number of amides is 1. The fourth-order valence-corrected chi connectivity index (χ4v) is 1.52. The lowest BCUT2D eigenvalue weighted by atomic mass is 9.97. The van der Waals surface area contributed by atoms with E-state index in [9.17, 15) is 9.59 Å². The average molecular weight is 227 g/mol. The highest BCUT2D eigenvalue weighted by Gasteiger charge is 2.17. The van der Waals surface area contributed by atoms with Gasteiger partial charge in [-0.2, -0.15) is 0 Å². The molecule has 92 valence electrons. The molecule has 0 spiro atoms. The van der Waals surface area contributed by atoms with Gasteiger partial charge in [-0.1, -0.05) is 26.7 Å². The first-order chi connectivity index (χ1) is 7.54. The second kappa shape index (κ2) is 7.91. The Hall–Kier alpha value is -1.32. The molecule has 0 rings (SSSR count). The Balaban J connectivity index is 4.94. The zero-order chi connectivity index (χ0) is 12.6. The van der Waals surface area contributed by atoms with E-state index in [1.807, 2.05) is 13.8 Å². The summed E-state index contributed by atoms with van der Waals surface area (Å²) in [5, 5.41) is 9.05. The van der Waals surface area contributed by atoms with Crippen molar-refractivity contribution in [1.29, 1.82) is 0 Å². The fraction of sp³-hybridized carbons (Fsp3) is 0.667. The number of carboxylic acids is 1. The molecule has 4 nitrogen and oxygen atoms in total. The van der Waals surface area contributed by atoms with E-state index in [2.05, 4.69) is 0 Å². The highest BCUT2D eigenvalue weighted by molar-refractivity contribution is 6.01. The molecule has 0 saturated heterocycles. The Morgan fingerprint density at radius 3 is 1.75 bits per heavy atom. The molecular weight excluding hydrogens is 206 g/mol. The van der Waals surface area contributed by atoms with Crippen LogP contribution in [0.1, 0.15) is 52.4 Å². The van der Waals surface area contributed by atoms with Crippen molar-refractivity contribution in [3.63, 3.8) is 0 Å². The summed E-state index contributed by atoms with van der Waals surface area (Å²) in [6.45, 7) is 3.97. The van der Waals surface area contributed by atoms with Crippen LogP contribution in [0.5, 0.6) is 0 Å². The third-order valence-electron chi connectivity index (χ3n) is 2.48. The Morgan fingerprint density at radius 2 is 1.44 bits per heavy atom. The molecule has 16 heavy (non-hydrogen) atoms. The van der Waals surface area contributed by atoms with E-state index in [0.717, 1.165) is 25.7 Å². The zero-order valence-electron chi connectivity index (χ0n) is 10.1. The van der Waals surface area contributed by atoms with Gasteiger partial charge in [0.1, 0.15) is 0 Å². The Kier molecular flexibility index (Phi) is 7.25. The first-order valence-electron chi connectivity index (χ1n) is 5.79. The first-order valence-corrected chi connectivity index (χ1v) is 5.79. The smallest absolute Gasteiger partial charge is 0.332 e. The quantitative estimate of drug-likeness (QED) is 0.624. The van der Waals surface area contributed by atoms with Gasteiger partial charge in [0, 0.05) is 11.1 Å². The number of hydrogen-bond acceptors (Lipinski definition) is 2. The van der Waals surface area contributed by atoms with Crippen LogP contribution in [0.2, 0.25) is 0 Å². The molecular formula is C12H21NO3. The second-order valence-corrected chi connectivity index (χ2v) is 3.83. The molecule has 3 N–H and O–H groups in total. The molecule has 0 fully saturated rings. The van der Waals surface area contributed by atoms with Gasteiger partial charge < -0.3 is 10.8 Å². The SMILES string of the molecule is CCCC/C(C(N)=O)=C(\CCCC)C(=O)O. The third kappa shape index (κ3) is 4.96. The lowest BCUT2D eigenvalue weighted by molar-refractivity contribution is -0.133. The number of primary amides is 1. The average Bonchev–Trinajstić information content (AvgIpc) is 2.21. The molecule has 0 aromatic carbocycles. The van der Waals surface area contributed by atoms with E-state index in [1.165, 1.54) is 0 Å². The van der Waals surface area contributed by atoms with Crippen LogP contribution in [0.3, 0.4) is 0 Å². The number of rotatable bonds is 8. The predicted molar refractivity (Wildman–Crippen MR) is 62.9 cm³/mol. The highest BCUT2D eigenvalue weighted by Crippen LogP contribution is 2.18. The maximum atomic E-state index is 11.2. The van der Waals surface area contributed by atoms with Gasteiger partial charge in [-0.25, -0.2) is 4.79 Å². The summed E-state index contributed by atoms with van der Waals surface area (Å²) in [5.41, 5.74) is 5.72. The van der Waals surface area contributed by atoms with Crippen molar-refractivity contribution in [2.75, 3.05) is 0 Å². The van der Waals surface area contributed by atoms with Crippen LogP contribution in [-0.4, -0.2) is 17.0 Å². The molecule has 1 amide bonds. The number of carbonyl (C=O) groups excluding carboxylic acids is 1. The second-order valence-electron chi connectivity index (χ2n) is 3.83. The molecule has 4 heteroatoms. The van der Waals surface area contributed by atoms with Gasteiger partial charge in [0.2, 0.25) is 5.91 Å². The number of aliphatic carboxylic acids is 1. The third-order valence-corrected chi connectivity index (χ3v) is 2.48. The normalized spacial score (nSPS) is 12.1. The minimum absolute atomic E-state index is 0.197. The van der Waals surface area contributed by atoms with Crippen LogP contribution in [0, 0.1) is 0 Å². The lowest BCUT2D eigenvalue weighted by Crippen LogP contribution is -2.19. The standard InChI is InChI=1S/C12H21NO3/c1-3-5-7-9(11(13)14)10(12(15)16)8-6-4-2/h3-8H2,1-2H3,(H2,13,14)(H,15,16)/b10-9-. The van der Waals surface area contributed by atoms with Gasteiger partial charge in [0.15, 0.2) is 0 Å². The van der Waals surface area contributed by atoms with Crippen LogP contribution in [0.25, 0.3) is 0 Å². The van der Waals surface area contributed by atoms with Crippen LogP contribution in [0.4, 0.5) is 0 Å². The van der Waals surface area contributed by atoms with E-state index in [1.54, 1.807) is 0 Å². The monoisotopic (exact) mass is 227 g/mol. The van der Waals surface area contributed by atoms with Gasteiger partial charge >= 0.3 is 5.97 Å². The maximum absolute atomic E-state index is 11.2. The summed E-state index contributed by atoms with van der Waals surface area (Å²) in [6, 6.07) is 0. The van der Waals surface area contributed by atoms with E-state index >= 15 is 0 Å². The Morgan fingerprint density at radius 1 is 1.00 bits per heavy atom. The van der Waals surface area contributed by atoms with E-state index in [0.29, 0.717) is 18.4 Å². The molecule has 0 radical (unpaired) electrons. The summed E-state index contributed by atoms with van der Waals surface area (Å²) >= 11 is 0. The number of carbonyl (C=O) groups is 2. The van der Waals surface area contributed by atoms with E-state index in [4.69, 9.17) is 10.8 Å². The molecule has 0 aromatic rings. The van der Waals surface area contributed by atoms with Crippen LogP contribution in [0.15, 0.2) is 11.1 Å². The van der Waals surface area contributed by atoms with E-state index in [-0.39, 0.29) is 5.57 Å². The fourth-order valence-electron chi connectivity index (χ4n) is 1.52. The van der Waals surface area contributed by atoms with Crippen molar-refractivity contribution >= 4 is 11.9 Å². The van der Waals surface area contributed by atoms with Crippen molar-refractivity contribution in [2.45, 2.75) is 52.4 Å². The number of hydrogen-bond donors (Lipinski definition) is 2. The minimum atomic E-state index is -1.02. The van der Waals surface area contributed by atoms with Crippen LogP contribution >= 0.6 is 0 Å². The van der Waals surface area contributed by atoms with Gasteiger partial charge in [0.05, 0.1) is 0 Å². The van der Waals surface area contributed by atoms with Gasteiger partial charge in [-0.05, 0) is 25.7 Å². The number of carboxylic acid groups (broad SMARTS) is 1. The van der Waals surface area contributed by atoms with Crippen molar-refractivity contribution in [2.24, 2.45) is 5.73 Å². The molecule has 0 aliphatic heterocycles.